The number of rotatable bonds is 1. The van der Waals surface area contributed by atoms with Crippen molar-refractivity contribution in [1.29, 1.82) is 0 Å². The fourth-order valence-corrected chi connectivity index (χ4v) is 7.30. The van der Waals surface area contributed by atoms with Crippen LogP contribution in [0.5, 0.6) is 0 Å². The van der Waals surface area contributed by atoms with Crippen molar-refractivity contribution < 1.29 is 19.7 Å². The third kappa shape index (κ3) is 2.36. The molecule has 3 fully saturated rings. The molecule has 0 aromatic heterocycles. The van der Waals surface area contributed by atoms with Gasteiger partial charge in [-0.3, -0.25) is 4.79 Å². The minimum absolute atomic E-state index is 0.00620. The van der Waals surface area contributed by atoms with Crippen LogP contribution in [0, 0.1) is 34.5 Å². The molecule has 4 aliphatic rings. The predicted molar refractivity (Wildman–Crippen MR) is 94.6 cm³/mol. The van der Waals surface area contributed by atoms with E-state index in [-0.39, 0.29) is 40.8 Å². The Balaban J connectivity index is 1.69. The van der Waals surface area contributed by atoms with Crippen LogP contribution in [0.15, 0.2) is 11.6 Å². The van der Waals surface area contributed by atoms with E-state index in [9.17, 15) is 15.0 Å². The molecule has 2 N–H and O–H groups in total. The van der Waals surface area contributed by atoms with Crippen LogP contribution in [0.1, 0.15) is 58.8 Å². The molecular formula is C21H32O4. The average Bonchev–Trinajstić information content (AvgIpc) is 2.91. The maximum absolute atomic E-state index is 12.3. The second kappa shape index (κ2) is 5.82. The maximum atomic E-state index is 12.3. The molecule has 0 bridgehead atoms. The molecular weight excluding hydrogens is 316 g/mol. The largest absolute Gasteiger partial charge is 0.469 e. The Morgan fingerprint density at radius 1 is 1.24 bits per heavy atom. The van der Waals surface area contributed by atoms with Crippen molar-refractivity contribution in [3.8, 4) is 0 Å². The molecule has 0 amide bonds. The molecule has 0 aromatic rings. The van der Waals surface area contributed by atoms with Crippen LogP contribution in [-0.4, -0.2) is 35.5 Å². The number of methoxy groups -OCH3 is 1. The monoisotopic (exact) mass is 348 g/mol. The quantitative estimate of drug-likeness (QED) is 0.564. The number of ether oxygens (including phenoxy) is 1. The number of allylic oxidation sites excluding steroid dienone is 1. The number of esters is 1. The van der Waals surface area contributed by atoms with Gasteiger partial charge in [-0.1, -0.05) is 25.5 Å². The number of aliphatic hydroxyl groups excluding tert-OH is 2. The summed E-state index contributed by atoms with van der Waals surface area (Å²) in [6.45, 7) is 4.51. The summed E-state index contributed by atoms with van der Waals surface area (Å²) in [6.07, 6.45) is 7.93. The zero-order chi connectivity index (χ0) is 18.0. The van der Waals surface area contributed by atoms with Gasteiger partial charge < -0.3 is 14.9 Å². The standard InChI is InChI=1S/C21H32O4/c1-20-9-8-13(22)10-12(20)4-5-14-15-6-7-16(19(24)25-3)21(15,2)11-17(23)18(14)20/h4,13-18,22-23H,5-11H2,1-3H3/t13-,14-,15-,16+,17-,18?,20-,21-/m0/s1. The molecule has 4 rings (SSSR count). The first-order chi connectivity index (χ1) is 11.8. The zero-order valence-electron chi connectivity index (χ0n) is 15.7. The third-order valence-corrected chi connectivity index (χ3v) is 8.49. The summed E-state index contributed by atoms with van der Waals surface area (Å²) in [5.41, 5.74) is 1.22. The smallest absolute Gasteiger partial charge is 0.309 e. The molecule has 3 saturated carbocycles. The fraction of sp³-hybridized carbons (Fsp3) is 0.857. The molecule has 0 spiro atoms. The zero-order valence-corrected chi connectivity index (χ0v) is 15.7. The van der Waals surface area contributed by atoms with Crippen LogP contribution < -0.4 is 0 Å². The number of fused-ring (bicyclic) bond motifs is 5. The Hall–Kier alpha value is -0.870. The Morgan fingerprint density at radius 3 is 2.72 bits per heavy atom. The Bertz CT molecular complexity index is 599. The first-order valence-electron chi connectivity index (χ1n) is 9.94. The summed E-state index contributed by atoms with van der Waals surface area (Å²) in [4.78, 5) is 12.3. The highest BCUT2D eigenvalue weighted by atomic mass is 16.5. The molecule has 8 atom stereocenters. The normalized spacial score (nSPS) is 51.8. The van der Waals surface area contributed by atoms with E-state index in [0.717, 1.165) is 38.5 Å². The average molecular weight is 348 g/mol. The summed E-state index contributed by atoms with van der Waals surface area (Å²) in [6, 6.07) is 0. The van der Waals surface area contributed by atoms with Crippen molar-refractivity contribution in [3.63, 3.8) is 0 Å². The lowest BCUT2D eigenvalue weighted by molar-refractivity contribution is -0.159. The number of aliphatic hydroxyl groups is 2. The van der Waals surface area contributed by atoms with Crippen molar-refractivity contribution in [2.24, 2.45) is 34.5 Å². The molecule has 0 radical (unpaired) electrons. The summed E-state index contributed by atoms with van der Waals surface area (Å²) in [7, 11) is 1.48. The molecule has 140 valence electrons. The van der Waals surface area contributed by atoms with Gasteiger partial charge in [0.1, 0.15) is 0 Å². The van der Waals surface area contributed by atoms with Gasteiger partial charge in [-0.2, -0.15) is 0 Å². The minimum atomic E-state index is -0.375. The molecule has 4 aliphatic carbocycles. The summed E-state index contributed by atoms with van der Waals surface area (Å²) in [5, 5.41) is 21.3. The van der Waals surface area contributed by atoms with Crippen LogP contribution in [0.4, 0.5) is 0 Å². The summed E-state index contributed by atoms with van der Waals surface area (Å²) >= 11 is 0. The van der Waals surface area contributed by atoms with Gasteiger partial charge >= 0.3 is 5.97 Å². The number of hydrogen-bond donors (Lipinski definition) is 2. The molecule has 0 aliphatic heterocycles. The van der Waals surface area contributed by atoms with E-state index in [2.05, 4.69) is 19.9 Å². The van der Waals surface area contributed by atoms with Crippen LogP contribution in [-0.2, 0) is 9.53 Å². The lowest BCUT2D eigenvalue weighted by atomic mass is 9.46. The van der Waals surface area contributed by atoms with E-state index in [1.807, 2.05) is 0 Å². The molecule has 0 saturated heterocycles. The fourth-order valence-electron chi connectivity index (χ4n) is 7.30. The molecule has 25 heavy (non-hydrogen) atoms. The molecule has 4 heteroatoms. The van der Waals surface area contributed by atoms with Crippen LogP contribution in [0.3, 0.4) is 0 Å². The molecule has 4 nitrogen and oxygen atoms in total. The lowest BCUT2D eigenvalue weighted by Crippen LogP contribution is -2.56. The Kier molecular flexibility index (Phi) is 4.08. The van der Waals surface area contributed by atoms with Gasteiger partial charge in [-0.25, -0.2) is 0 Å². The Labute approximate surface area is 150 Å². The highest BCUT2D eigenvalue weighted by molar-refractivity contribution is 5.74. The number of hydrogen-bond acceptors (Lipinski definition) is 4. The highest BCUT2D eigenvalue weighted by Crippen LogP contribution is 2.66. The molecule has 1 unspecified atom stereocenters. The molecule has 0 aromatic carbocycles. The van der Waals surface area contributed by atoms with Crippen molar-refractivity contribution in [2.75, 3.05) is 7.11 Å². The minimum Gasteiger partial charge on any atom is -0.469 e. The summed E-state index contributed by atoms with van der Waals surface area (Å²) in [5.74, 6) is 0.993. The van der Waals surface area contributed by atoms with Gasteiger partial charge in [0.15, 0.2) is 0 Å². The Morgan fingerprint density at radius 2 is 2.00 bits per heavy atom. The van der Waals surface area contributed by atoms with Crippen LogP contribution in [0.2, 0.25) is 0 Å². The van der Waals surface area contributed by atoms with Gasteiger partial charge in [0.05, 0.1) is 25.2 Å². The maximum Gasteiger partial charge on any atom is 0.309 e. The third-order valence-electron chi connectivity index (χ3n) is 8.49. The summed E-state index contributed by atoms with van der Waals surface area (Å²) < 4.78 is 5.08. The first-order valence-corrected chi connectivity index (χ1v) is 9.94. The van der Waals surface area contributed by atoms with Crippen LogP contribution >= 0.6 is 0 Å². The van der Waals surface area contributed by atoms with E-state index in [4.69, 9.17) is 4.74 Å². The van der Waals surface area contributed by atoms with E-state index in [0.29, 0.717) is 18.3 Å². The van der Waals surface area contributed by atoms with E-state index >= 15 is 0 Å². The van der Waals surface area contributed by atoms with Crippen molar-refractivity contribution >= 4 is 5.97 Å². The lowest BCUT2D eigenvalue weighted by Gasteiger charge is -2.59. The second-order valence-corrected chi connectivity index (χ2v) is 9.51. The van der Waals surface area contributed by atoms with Crippen molar-refractivity contribution in [1.82, 2.24) is 0 Å². The van der Waals surface area contributed by atoms with Crippen molar-refractivity contribution in [2.45, 2.75) is 71.0 Å². The SMILES string of the molecule is COC(=O)[C@H]1CC[C@H]2[C@@H]3CC=C4C[C@@H](O)CC[C@]4(C)C3[C@@H](O)C[C@]12C. The van der Waals surface area contributed by atoms with Gasteiger partial charge in [0.25, 0.3) is 0 Å². The highest BCUT2D eigenvalue weighted by Gasteiger charge is 2.62. The topological polar surface area (TPSA) is 66.8 Å². The second-order valence-electron chi connectivity index (χ2n) is 9.51. The van der Waals surface area contributed by atoms with Crippen LogP contribution in [0.25, 0.3) is 0 Å². The van der Waals surface area contributed by atoms with Gasteiger partial charge in [0.2, 0.25) is 0 Å². The molecule has 0 heterocycles. The van der Waals surface area contributed by atoms with Gasteiger partial charge in [-0.05, 0) is 73.5 Å². The van der Waals surface area contributed by atoms with Gasteiger partial charge in [-0.15, -0.1) is 0 Å². The predicted octanol–water partition coefficient (Wildman–Crippen LogP) is 3.07. The van der Waals surface area contributed by atoms with E-state index < -0.39 is 0 Å². The van der Waals surface area contributed by atoms with E-state index in [1.165, 1.54) is 12.7 Å². The van der Waals surface area contributed by atoms with Crippen molar-refractivity contribution in [3.05, 3.63) is 11.6 Å². The van der Waals surface area contributed by atoms with E-state index in [1.54, 1.807) is 0 Å². The number of carbonyl (C=O) groups is 1. The first kappa shape index (κ1) is 17.5. The van der Waals surface area contributed by atoms with Gasteiger partial charge in [0, 0.05) is 0 Å². The number of carbonyl (C=O) groups excluding carboxylic acids is 1.